The van der Waals surface area contributed by atoms with E-state index in [1.165, 1.54) is 5.56 Å². The SMILES string of the molecule is Cc1cccc(N(Cc2ccc(-c3nnc(C(F)F)o3)cn2)SN2CCN(C)C(C)C2)c1. The summed E-state index contributed by atoms with van der Waals surface area (Å²) in [6.07, 6.45) is -1.21. The van der Waals surface area contributed by atoms with Gasteiger partial charge in [-0.15, -0.1) is 10.2 Å². The number of nitrogens with zero attached hydrogens (tertiary/aromatic N) is 6. The summed E-state index contributed by atoms with van der Waals surface area (Å²) in [6.45, 7) is 7.87. The van der Waals surface area contributed by atoms with Crippen molar-refractivity contribution in [2.24, 2.45) is 0 Å². The molecule has 3 heterocycles. The number of rotatable bonds is 7. The Balaban J connectivity index is 1.51. The Kier molecular flexibility index (Phi) is 7.02. The number of hydrogen-bond acceptors (Lipinski definition) is 8. The molecule has 0 N–H and O–H groups in total. The van der Waals surface area contributed by atoms with Gasteiger partial charge >= 0.3 is 6.43 Å². The quantitative estimate of drug-likeness (QED) is 0.475. The second-order valence-electron chi connectivity index (χ2n) is 7.96. The first-order chi connectivity index (χ1) is 15.4. The Morgan fingerprint density at radius 1 is 1.22 bits per heavy atom. The van der Waals surface area contributed by atoms with Crippen LogP contribution in [0.3, 0.4) is 0 Å². The largest absolute Gasteiger partial charge is 0.415 e. The smallest absolute Gasteiger partial charge is 0.314 e. The number of likely N-dealkylation sites (N-methyl/N-ethyl adjacent to an activating group) is 1. The summed E-state index contributed by atoms with van der Waals surface area (Å²) in [5.74, 6) is -0.650. The highest BCUT2D eigenvalue weighted by atomic mass is 32.2. The zero-order valence-electron chi connectivity index (χ0n) is 18.3. The molecule has 0 radical (unpaired) electrons. The molecule has 10 heteroatoms. The van der Waals surface area contributed by atoms with E-state index in [2.05, 4.69) is 73.9 Å². The third-order valence-corrected chi connectivity index (χ3v) is 6.53. The van der Waals surface area contributed by atoms with Crippen molar-refractivity contribution in [3.63, 3.8) is 0 Å². The highest BCUT2D eigenvalue weighted by molar-refractivity contribution is 7.98. The van der Waals surface area contributed by atoms with Crippen molar-refractivity contribution >= 4 is 17.8 Å². The summed E-state index contributed by atoms with van der Waals surface area (Å²) in [5, 5.41) is 7.06. The van der Waals surface area contributed by atoms with Crippen molar-refractivity contribution in [2.45, 2.75) is 32.9 Å². The van der Waals surface area contributed by atoms with Gasteiger partial charge in [0.05, 0.1) is 17.8 Å². The topological polar surface area (TPSA) is 61.5 Å². The number of benzene rings is 1. The van der Waals surface area contributed by atoms with E-state index in [0.717, 1.165) is 31.0 Å². The van der Waals surface area contributed by atoms with Gasteiger partial charge in [-0.25, -0.2) is 4.31 Å². The molecule has 0 amide bonds. The lowest BCUT2D eigenvalue weighted by Gasteiger charge is -2.39. The van der Waals surface area contributed by atoms with Crippen LogP contribution in [0.1, 0.15) is 30.5 Å². The summed E-state index contributed by atoms with van der Waals surface area (Å²) in [7, 11) is 2.16. The molecule has 3 aromatic rings. The van der Waals surface area contributed by atoms with Crippen LogP contribution in [0.2, 0.25) is 0 Å². The maximum Gasteiger partial charge on any atom is 0.314 e. The summed E-state index contributed by atoms with van der Waals surface area (Å²) in [5.41, 5.74) is 3.65. The molecule has 1 atom stereocenters. The van der Waals surface area contributed by atoms with Crippen molar-refractivity contribution in [3.05, 3.63) is 59.7 Å². The van der Waals surface area contributed by atoms with Crippen LogP contribution < -0.4 is 4.31 Å². The first-order valence-corrected chi connectivity index (χ1v) is 11.2. The molecular formula is C22H26F2N6OS. The maximum atomic E-state index is 12.7. The first-order valence-electron chi connectivity index (χ1n) is 10.4. The van der Waals surface area contributed by atoms with Gasteiger partial charge in [-0.05, 0) is 50.7 Å². The van der Waals surface area contributed by atoms with Crippen molar-refractivity contribution in [1.82, 2.24) is 24.4 Å². The molecule has 1 unspecified atom stereocenters. The van der Waals surface area contributed by atoms with Crippen LogP contribution >= 0.6 is 12.1 Å². The number of aryl methyl sites for hydroxylation is 1. The Bertz CT molecular complexity index is 1030. The van der Waals surface area contributed by atoms with Crippen LogP contribution in [0.15, 0.2) is 47.0 Å². The number of alkyl halides is 2. The number of anilines is 1. The molecule has 4 rings (SSSR count). The molecule has 32 heavy (non-hydrogen) atoms. The first kappa shape index (κ1) is 22.6. The zero-order valence-corrected chi connectivity index (χ0v) is 19.1. The van der Waals surface area contributed by atoms with Gasteiger partial charge in [-0.1, -0.05) is 12.1 Å². The third-order valence-electron chi connectivity index (χ3n) is 5.43. The third kappa shape index (κ3) is 5.43. The highest BCUT2D eigenvalue weighted by Gasteiger charge is 2.24. The van der Waals surface area contributed by atoms with Crippen molar-refractivity contribution < 1.29 is 13.2 Å². The van der Waals surface area contributed by atoms with Gasteiger partial charge in [0.25, 0.3) is 5.89 Å². The molecule has 1 fully saturated rings. The number of piperazine rings is 1. The normalized spacial score (nSPS) is 17.8. The zero-order chi connectivity index (χ0) is 22.7. The Morgan fingerprint density at radius 2 is 2.06 bits per heavy atom. The van der Waals surface area contributed by atoms with Crippen molar-refractivity contribution in [1.29, 1.82) is 0 Å². The van der Waals surface area contributed by atoms with E-state index in [4.69, 9.17) is 4.42 Å². The van der Waals surface area contributed by atoms with E-state index < -0.39 is 12.3 Å². The van der Waals surface area contributed by atoms with Gasteiger partial charge in [0.1, 0.15) is 0 Å². The predicted molar refractivity (Wildman–Crippen MR) is 121 cm³/mol. The van der Waals surface area contributed by atoms with Crippen LogP contribution in [0, 0.1) is 6.92 Å². The van der Waals surface area contributed by atoms with Crippen LogP contribution in [-0.4, -0.2) is 57.1 Å². The fraction of sp³-hybridized carbons (Fsp3) is 0.409. The summed E-state index contributed by atoms with van der Waals surface area (Å²) >= 11 is 1.71. The fourth-order valence-electron chi connectivity index (χ4n) is 3.41. The molecular weight excluding hydrogens is 434 g/mol. The lowest BCUT2D eigenvalue weighted by molar-refractivity contribution is 0.116. The van der Waals surface area contributed by atoms with E-state index in [-0.39, 0.29) is 5.89 Å². The molecule has 1 aliphatic heterocycles. The van der Waals surface area contributed by atoms with Crippen molar-refractivity contribution in [3.8, 4) is 11.5 Å². The molecule has 0 spiro atoms. The second kappa shape index (κ2) is 9.93. The minimum absolute atomic E-state index is 0.0377. The van der Waals surface area contributed by atoms with E-state index in [1.54, 1.807) is 24.4 Å². The summed E-state index contributed by atoms with van der Waals surface area (Å²) in [6, 6.07) is 12.5. The fourth-order valence-corrected chi connectivity index (χ4v) is 4.53. The van der Waals surface area contributed by atoms with Crippen LogP contribution in [0.4, 0.5) is 14.5 Å². The van der Waals surface area contributed by atoms with E-state index >= 15 is 0 Å². The predicted octanol–water partition coefficient (Wildman–Crippen LogP) is 4.58. The van der Waals surface area contributed by atoms with Gasteiger partial charge in [0.2, 0.25) is 5.89 Å². The van der Waals surface area contributed by atoms with Crippen LogP contribution in [0.5, 0.6) is 0 Å². The average molecular weight is 461 g/mol. The summed E-state index contributed by atoms with van der Waals surface area (Å²) < 4.78 is 35.0. The Hall–Kier alpha value is -2.56. The van der Waals surface area contributed by atoms with Crippen molar-refractivity contribution in [2.75, 3.05) is 31.0 Å². The number of hydrogen-bond donors (Lipinski definition) is 0. The standard InChI is InChI=1S/C22H26F2N6OS/c1-15-5-4-6-19(11-15)30(32-29-10-9-28(3)16(2)13-29)14-18-8-7-17(12-25-18)21-26-27-22(31-21)20(23)24/h4-8,11-12,16,20H,9-10,13-14H2,1-3H3. The molecule has 0 aliphatic carbocycles. The Morgan fingerprint density at radius 3 is 2.72 bits per heavy atom. The molecule has 0 bridgehead atoms. The summed E-state index contributed by atoms with van der Waals surface area (Å²) in [4.78, 5) is 6.89. The molecule has 2 aromatic heterocycles. The van der Waals surface area contributed by atoms with E-state index in [0.29, 0.717) is 18.2 Å². The van der Waals surface area contributed by atoms with E-state index in [9.17, 15) is 8.78 Å². The van der Waals surface area contributed by atoms with Gasteiger partial charge < -0.3 is 9.32 Å². The lowest BCUT2D eigenvalue weighted by atomic mass is 10.2. The average Bonchev–Trinajstić information content (AvgIpc) is 3.27. The molecule has 1 aromatic carbocycles. The number of aromatic nitrogens is 3. The lowest BCUT2D eigenvalue weighted by Crippen LogP contribution is -2.48. The molecule has 1 aliphatic rings. The van der Waals surface area contributed by atoms with Gasteiger partial charge in [0.15, 0.2) is 0 Å². The second-order valence-corrected chi connectivity index (χ2v) is 9.08. The van der Waals surface area contributed by atoms with Gasteiger partial charge in [-0.2, -0.15) is 8.78 Å². The van der Waals surface area contributed by atoms with Crippen LogP contribution in [-0.2, 0) is 6.54 Å². The maximum absolute atomic E-state index is 12.7. The van der Waals surface area contributed by atoms with E-state index in [1.807, 2.05) is 6.07 Å². The number of pyridine rings is 1. The molecule has 7 nitrogen and oxygen atoms in total. The minimum Gasteiger partial charge on any atom is -0.415 e. The molecule has 0 saturated carbocycles. The van der Waals surface area contributed by atoms with Gasteiger partial charge in [0, 0.05) is 49.7 Å². The van der Waals surface area contributed by atoms with Gasteiger partial charge in [-0.3, -0.25) is 9.29 Å². The number of halogens is 2. The highest BCUT2D eigenvalue weighted by Crippen LogP contribution is 2.30. The monoisotopic (exact) mass is 460 g/mol. The molecule has 1 saturated heterocycles. The Labute approximate surface area is 190 Å². The molecule has 170 valence electrons. The van der Waals surface area contributed by atoms with Crippen LogP contribution in [0.25, 0.3) is 11.5 Å². The minimum atomic E-state index is -2.79.